The molecule has 0 radical (unpaired) electrons. The van der Waals surface area contributed by atoms with Gasteiger partial charge in [-0.05, 0) is 37.1 Å². The van der Waals surface area contributed by atoms with Gasteiger partial charge in [0.05, 0.1) is 13.7 Å². The van der Waals surface area contributed by atoms with Gasteiger partial charge in [-0.25, -0.2) is 9.78 Å². The van der Waals surface area contributed by atoms with Gasteiger partial charge in [0.2, 0.25) is 5.91 Å². The van der Waals surface area contributed by atoms with E-state index < -0.39 is 11.6 Å². The van der Waals surface area contributed by atoms with Crippen LogP contribution >= 0.6 is 0 Å². The summed E-state index contributed by atoms with van der Waals surface area (Å²) < 4.78 is 5.13. The van der Waals surface area contributed by atoms with Gasteiger partial charge in [-0.2, -0.15) is 5.10 Å². The molecule has 10 heteroatoms. The number of carbonyl (C=O) groups is 3. The first-order chi connectivity index (χ1) is 14.5. The van der Waals surface area contributed by atoms with E-state index in [1.54, 1.807) is 7.11 Å². The van der Waals surface area contributed by atoms with E-state index in [2.05, 4.69) is 25.8 Å². The van der Waals surface area contributed by atoms with Crippen LogP contribution in [-0.4, -0.2) is 57.1 Å². The van der Waals surface area contributed by atoms with Gasteiger partial charge in [0, 0.05) is 18.5 Å². The van der Waals surface area contributed by atoms with E-state index in [-0.39, 0.29) is 31.3 Å². The second-order valence-corrected chi connectivity index (χ2v) is 7.54. The number of imide groups is 1. The Morgan fingerprint density at radius 1 is 1.23 bits per heavy atom. The molecule has 4 amide bonds. The second kappa shape index (κ2) is 8.13. The molecule has 1 spiro atoms. The van der Waals surface area contributed by atoms with Crippen LogP contribution in [0.3, 0.4) is 0 Å². The van der Waals surface area contributed by atoms with Crippen molar-refractivity contribution in [1.82, 2.24) is 30.7 Å². The fourth-order valence-electron chi connectivity index (χ4n) is 3.92. The van der Waals surface area contributed by atoms with Crippen molar-refractivity contribution in [2.45, 2.75) is 44.2 Å². The number of nitrogens with one attached hydrogen (secondary N) is 3. The van der Waals surface area contributed by atoms with E-state index in [1.165, 1.54) is 0 Å². The standard InChI is InChI=1S/C20H24N6O4/c1-30-14-6-4-13(5-7-14)17-22-15(24-25-17)12-21-16(27)8-11-26-18(28)20(23-19(26)29)9-2-3-10-20/h4-7H,2-3,8-12H2,1H3,(H,21,27)(H,23,29)(H,22,24,25). The Morgan fingerprint density at radius 2 is 1.97 bits per heavy atom. The molecule has 158 valence electrons. The molecular weight excluding hydrogens is 388 g/mol. The SMILES string of the molecule is COc1ccc(-c2n[nH]c(CNC(=O)CCN3C(=O)NC4(CCCC4)C3=O)n2)cc1. The summed E-state index contributed by atoms with van der Waals surface area (Å²) in [7, 11) is 1.60. The van der Waals surface area contributed by atoms with Crippen molar-refractivity contribution in [3.63, 3.8) is 0 Å². The van der Waals surface area contributed by atoms with E-state index in [1.807, 2.05) is 24.3 Å². The summed E-state index contributed by atoms with van der Waals surface area (Å²) in [5.74, 6) is 1.28. The molecule has 3 N–H and O–H groups in total. The van der Waals surface area contributed by atoms with Gasteiger partial charge in [-0.1, -0.05) is 12.8 Å². The van der Waals surface area contributed by atoms with Crippen molar-refractivity contribution in [3.8, 4) is 17.1 Å². The highest BCUT2D eigenvalue weighted by molar-refractivity contribution is 6.07. The molecule has 2 aromatic rings. The molecule has 0 bridgehead atoms. The lowest BCUT2D eigenvalue weighted by Gasteiger charge is -2.19. The van der Waals surface area contributed by atoms with Crippen molar-refractivity contribution < 1.29 is 19.1 Å². The fraction of sp³-hybridized carbons (Fsp3) is 0.450. The lowest BCUT2D eigenvalue weighted by atomic mass is 9.98. The summed E-state index contributed by atoms with van der Waals surface area (Å²) in [5.41, 5.74) is 0.0784. The maximum atomic E-state index is 12.6. The Hall–Kier alpha value is -3.43. The van der Waals surface area contributed by atoms with Gasteiger partial charge in [-0.3, -0.25) is 19.6 Å². The van der Waals surface area contributed by atoms with Gasteiger partial charge < -0.3 is 15.4 Å². The maximum absolute atomic E-state index is 12.6. The zero-order valence-electron chi connectivity index (χ0n) is 16.7. The van der Waals surface area contributed by atoms with Crippen LogP contribution in [0.25, 0.3) is 11.4 Å². The number of benzene rings is 1. The third-order valence-electron chi connectivity index (χ3n) is 5.60. The molecule has 1 aliphatic heterocycles. The first-order valence-corrected chi connectivity index (χ1v) is 9.97. The highest BCUT2D eigenvalue weighted by Gasteiger charge is 2.52. The summed E-state index contributed by atoms with van der Waals surface area (Å²) in [4.78, 5) is 42.4. The summed E-state index contributed by atoms with van der Waals surface area (Å²) in [5, 5.41) is 12.5. The average Bonchev–Trinajstić information content (AvgIpc) is 3.47. The molecule has 1 saturated carbocycles. The minimum atomic E-state index is -0.745. The molecular formula is C20H24N6O4. The Labute approximate surface area is 173 Å². The van der Waals surface area contributed by atoms with Gasteiger partial charge in [0.25, 0.3) is 5.91 Å². The molecule has 2 fully saturated rings. The lowest BCUT2D eigenvalue weighted by molar-refractivity contribution is -0.131. The molecule has 0 atom stereocenters. The number of hydrogen-bond donors (Lipinski definition) is 3. The average molecular weight is 412 g/mol. The van der Waals surface area contributed by atoms with Crippen LogP contribution < -0.4 is 15.4 Å². The number of H-pyrrole nitrogens is 1. The molecule has 4 rings (SSSR count). The predicted molar refractivity (Wildman–Crippen MR) is 106 cm³/mol. The van der Waals surface area contributed by atoms with Gasteiger partial charge in [0.1, 0.15) is 17.1 Å². The van der Waals surface area contributed by atoms with Gasteiger partial charge in [-0.15, -0.1) is 0 Å². The number of urea groups is 1. The van der Waals surface area contributed by atoms with Crippen LogP contribution in [0, 0.1) is 0 Å². The summed E-state index contributed by atoms with van der Waals surface area (Å²) in [6, 6.07) is 6.92. The topological polar surface area (TPSA) is 129 Å². The molecule has 2 heterocycles. The number of amides is 4. The molecule has 1 aromatic heterocycles. The highest BCUT2D eigenvalue weighted by Crippen LogP contribution is 2.35. The lowest BCUT2D eigenvalue weighted by Crippen LogP contribution is -2.44. The highest BCUT2D eigenvalue weighted by atomic mass is 16.5. The van der Waals surface area contributed by atoms with Crippen LogP contribution in [0.2, 0.25) is 0 Å². The van der Waals surface area contributed by atoms with Crippen LogP contribution in [0.1, 0.15) is 37.9 Å². The number of carbonyl (C=O) groups excluding carboxylic acids is 3. The van der Waals surface area contributed by atoms with Crippen LogP contribution in [-0.2, 0) is 16.1 Å². The molecule has 2 aliphatic rings. The number of aromatic nitrogens is 3. The summed E-state index contributed by atoms with van der Waals surface area (Å²) >= 11 is 0. The molecule has 1 saturated heterocycles. The Morgan fingerprint density at radius 3 is 2.67 bits per heavy atom. The van der Waals surface area contributed by atoms with Crippen molar-refractivity contribution >= 4 is 17.8 Å². The smallest absolute Gasteiger partial charge is 0.325 e. The van der Waals surface area contributed by atoms with Gasteiger partial charge >= 0.3 is 6.03 Å². The van der Waals surface area contributed by atoms with E-state index >= 15 is 0 Å². The van der Waals surface area contributed by atoms with Crippen molar-refractivity contribution in [3.05, 3.63) is 30.1 Å². The molecule has 10 nitrogen and oxygen atoms in total. The number of ether oxygens (including phenoxy) is 1. The summed E-state index contributed by atoms with van der Waals surface area (Å²) in [6.07, 6.45) is 3.23. The number of rotatable bonds is 7. The summed E-state index contributed by atoms with van der Waals surface area (Å²) in [6.45, 7) is 0.234. The molecule has 1 aromatic carbocycles. The third kappa shape index (κ3) is 3.85. The first kappa shape index (κ1) is 19.9. The van der Waals surface area contributed by atoms with E-state index in [4.69, 9.17) is 4.74 Å². The number of methoxy groups -OCH3 is 1. The van der Waals surface area contributed by atoms with Gasteiger partial charge in [0.15, 0.2) is 5.82 Å². The van der Waals surface area contributed by atoms with Crippen LogP contribution in [0.15, 0.2) is 24.3 Å². The van der Waals surface area contributed by atoms with Crippen molar-refractivity contribution in [1.29, 1.82) is 0 Å². The van der Waals surface area contributed by atoms with E-state index in [9.17, 15) is 14.4 Å². The zero-order chi connectivity index (χ0) is 21.1. The normalized spacial score (nSPS) is 17.4. The third-order valence-corrected chi connectivity index (χ3v) is 5.60. The number of aromatic amines is 1. The monoisotopic (exact) mass is 412 g/mol. The van der Waals surface area contributed by atoms with Crippen LogP contribution in [0.4, 0.5) is 4.79 Å². The van der Waals surface area contributed by atoms with Crippen molar-refractivity contribution in [2.24, 2.45) is 0 Å². The molecule has 0 unspecified atom stereocenters. The second-order valence-electron chi connectivity index (χ2n) is 7.54. The maximum Gasteiger partial charge on any atom is 0.325 e. The van der Waals surface area contributed by atoms with E-state index in [0.29, 0.717) is 24.5 Å². The van der Waals surface area contributed by atoms with E-state index in [0.717, 1.165) is 29.1 Å². The minimum absolute atomic E-state index is 0.0364. The minimum Gasteiger partial charge on any atom is -0.497 e. The first-order valence-electron chi connectivity index (χ1n) is 9.97. The zero-order valence-corrected chi connectivity index (χ0v) is 16.7. The Bertz CT molecular complexity index is 948. The number of hydrogen-bond acceptors (Lipinski definition) is 6. The molecule has 1 aliphatic carbocycles. The van der Waals surface area contributed by atoms with Crippen molar-refractivity contribution in [2.75, 3.05) is 13.7 Å². The van der Waals surface area contributed by atoms with Crippen LogP contribution in [0.5, 0.6) is 5.75 Å². The molecule has 30 heavy (non-hydrogen) atoms. The number of nitrogens with zero attached hydrogens (tertiary/aromatic N) is 3. The largest absolute Gasteiger partial charge is 0.497 e. The Balaban J connectivity index is 1.27. The fourth-order valence-corrected chi connectivity index (χ4v) is 3.92. The quantitative estimate of drug-likeness (QED) is 0.589. The Kier molecular flexibility index (Phi) is 5.39. The predicted octanol–water partition coefficient (Wildman–Crippen LogP) is 1.35.